The fourth-order valence-corrected chi connectivity index (χ4v) is 3.61. The number of ether oxygens (including phenoxy) is 2. The summed E-state index contributed by atoms with van der Waals surface area (Å²) in [6.45, 7) is 1.94. The number of amides is 2. The van der Waals surface area contributed by atoms with Gasteiger partial charge in [0.1, 0.15) is 12.4 Å². The Morgan fingerprint density at radius 3 is 2.58 bits per heavy atom. The van der Waals surface area contributed by atoms with Gasteiger partial charge >= 0.3 is 0 Å². The van der Waals surface area contributed by atoms with Gasteiger partial charge in [-0.2, -0.15) is 0 Å². The van der Waals surface area contributed by atoms with Gasteiger partial charge in [-0.05, 0) is 37.1 Å². The first-order valence-electron chi connectivity index (χ1n) is 10.6. The van der Waals surface area contributed by atoms with Gasteiger partial charge in [-0.25, -0.2) is 4.39 Å². The molecular weight excluding hydrogens is 399 g/mol. The molecule has 6 nitrogen and oxygen atoms in total. The average molecular weight is 429 g/mol. The van der Waals surface area contributed by atoms with E-state index in [1.54, 1.807) is 35.0 Å². The van der Waals surface area contributed by atoms with Crippen LogP contribution in [0.2, 0.25) is 0 Å². The van der Waals surface area contributed by atoms with Crippen molar-refractivity contribution in [3.05, 3.63) is 60.4 Å². The minimum Gasteiger partial charge on any atom is -0.493 e. The number of para-hydroxylation sites is 2. The molecule has 2 aromatic carbocycles. The third-order valence-corrected chi connectivity index (χ3v) is 5.35. The van der Waals surface area contributed by atoms with Crippen molar-refractivity contribution in [3.8, 4) is 11.5 Å². The summed E-state index contributed by atoms with van der Waals surface area (Å²) in [5.41, 5.74) is 0. The Kier molecular flexibility index (Phi) is 8.27. The van der Waals surface area contributed by atoms with Crippen molar-refractivity contribution >= 4 is 11.8 Å². The number of carbonyl (C=O) groups is 2. The number of hydrogen-bond acceptors (Lipinski definition) is 4. The molecule has 0 aromatic heterocycles. The lowest BCUT2D eigenvalue weighted by molar-refractivity contribution is -0.140. The van der Waals surface area contributed by atoms with Crippen LogP contribution in [0.15, 0.2) is 54.6 Å². The summed E-state index contributed by atoms with van der Waals surface area (Å²) < 4.78 is 24.7. The Morgan fingerprint density at radius 2 is 1.81 bits per heavy atom. The molecule has 2 aromatic rings. The summed E-state index contributed by atoms with van der Waals surface area (Å²) in [5.74, 6) is 0.242. The van der Waals surface area contributed by atoms with Gasteiger partial charge in [-0.1, -0.05) is 30.3 Å². The number of likely N-dealkylation sites (tertiary alicyclic amines) is 1. The number of benzene rings is 2. The molecule has 0 aliphatic carbocycles. The molecule has 0 radical (unpaired) electrons. The molecule has 1 fully saturated rings. The molecule has 0 saturated carbocycles. The monoisotopic (exact) mass is 428 g/mol. The predicted molar refractivity (Wildman–Crippen MR) is 115 cm³/mol. The number of likely N-dealkylation sites (N-methyl/N-ethyl adjacent to an activating group) is 1. The molecule has 0 N–H and O–H groups in total. The number of halogens is 1. The molecule has 0 bridgehead atoms. The normalized spacial score (nSPS) is 15.9. The van der Waals surface area contributed by atoms with Gasteiger partial charge in [-0.15, -0.1) is 0 Å². The highest BCUT2D eigenvalue weighted by atomic mass is 19.1. The van der Waals surface area contributed by atoms with Crippen molar-refractivity contribution in [2.45, 2.75) is 19.3 Å². The zero-order chi connectivity index (χ0) is 22.1. The summed E-state index contributed by atoms with van der Waals surface area (Å²) in [5, 5.41) is 0. The van der Waals surface area contributed by atoms with Crippen molar-refractivity contribution in [2.24, 2.45) is 5.92 Å². The van der Waals surface area contributed by atoms with Crippen LogP contribution in [0.25, 0.3) is 0 Å². The first-order chi connectivity index (χ1) is 15.0. The Hall–Kier alpha value is -3.09. The zero-order valence-electron chi connectivity index (χ0n) is 17.8. The molecule has 0 spiro atoms. The first-order valence-corrected chi connectivity index (χ1v) is 10.6. The van der Waals surface area contributed by atoms with E-state index in [9.17, 15) is 14.0 Å². The molecule has 1 heterocycles. The van der Waals surface area contributed by atoms with E-state index in [1.165, 1.54) is 6.07 Å². The molecule has 31 heavy (non-hydrogen) atoms. The van der Waals surface area contributed by atoms with Gasteiger partial charge in [-0.3, -0.25) is 9.59 Å². The summed E-state index contributed by atoms with van der Waals surface area (Å²) >= 11 is 0. The Balaban J connectivity index is 1.41. The van der Waals surface area contributed by atoms with Gasteiger partial charge in [0.15, 0.2) is 11.6 Å². The standard InChI is InChI=1S/C24H29FN2O4/c1-26(15-17-31-22-12-6-5-11-21(22)25)24(29)19-8-7-14-27(18-19)23(28)13-16-30-20-9-3-2-4-10-20/h2-6,9-12,19H,7-8,13-18H2,1H3. The minimum absolute atomic E-state index is 0.000953. The molecule has 2 amide bonds. The second-order valence-electron chi connectivity index (χ2n) is 7.63. The largest absolute Gasteiger partial charge is 0.493 e. The Morgan fingerprint density at radius 1 is 1.06 bits per heavy atom. The average Bonchev–Trinajstić information content (AvgIpc) is 2.80. The van der Waals surface area contributed by atoms with E-state index < -0.39 is 5.82 Å². The number of carbonyl (C=O) groups excluding carboxylic acids is 2. The highest BCUT2D eigenvalue weighted by Gasteiger charge is 2.30. The van der Waals surface area contributed by atoms with E-state index in [0.29, 0.717) is 26.2 Å². The summed E-state index contributed by atoms with van der Waals surface area (Å²) in [6, 6.07) is 15.6. The Labute approximate surface area is 182 Å². The zero-order valence-corrected chi connectivity index (χ0v) is 17.8. The molecule has 1 atom stereocenters. The van der Waals surface area contributed by atoms with Gasteiger partial charge in [0.25, 0.3) is 0 Å². The maximum absolute atomic E-state index is 13.6. The number of piperidine rings is 1. The molecule has 166 valence electrons. The highest BCUT2D eigenvalue weighted by Crippen LogP contribution is 2.20. The maximum Gasteiger partial charge on any atom is 0.227 e. The highest BCUT2D eigenvalue weighted by molar-refractivity contribution is 5.81. The van der Waals surface area contributed by atoms with Gasteiger partial charge in [0.2, 0.25) is 11.8 Å². The van der Waals surface area contributed by atoms with Crippen LogP contribution in [0, 0.1) is 11.7 Å². The van der Waals surface area contributed by atoms with Gasteiger partial charge < -0.3 is 19.3 Å². The lowest BCUT2D eigenvalue weighted by Crippen LogP contribution is -2.46. The van der Waals surface area contributed by atoms with Crippen molar-refractivity contribution in [2.75, 3.05) is 39.9 Å². The maximum atomic E-state index is 13.6. The SMILES string of the molecule is CN(CCOc1ccccc1F)C(=O)C1CCCN(C(=O)CCOc2ccccc2)C1. The van der Waals surface area contributed by atoms with E-state index in [-0.39, 0.29) is 36.5 Å². The predicted octanol–water partition coefficient (Wildman–Crippen LogP) is 3.37. The van der Waals surface area contributed by atoms with Crippen LogP contribution in [0.5, 0.6) is 11.5 Å². The smallest absolute Gasteiger partial charge is 0.227 e. The van der Waals surface area contributed by atoms with Crippen molar-refractivity contribution in [1.82, 2.24) is 9.80 Å². The molecule has 1 aliphatic rings. The van der Waals surface area contributed by atoms with Crippen LogP contribution >= 0.6 is 0 Å². The lowest BCUT2D eigenvalue weighted by Gasteiger charge is -2.34. The molecule has 3 rings (SSSR count). The Bertz CT molecular complexity index is 862. The second-order valence-corrected chi connectivity index (χ2v) is 7.63. The molecular formula is C24H29FN2O4. The van der Waals surface area contributed by atoms with Gasteiger partial charge in [0, 0.05) is 20.1 Å². The van der Waals surface area contributed by atoms with Crippen LogP contribution in [-0.4, -0.2) is 61.5 Å². The molecule has 1 unspecified atom stereocenters. The van der Waals surface area contributed by atoms with Crippen LogP contribution < -0.4 is 9.47 Å². The van der Waals surface area contributed by atoms with Crippen molar-refractivity contribution in [1.29, 1.82) is 0 Å². The van der Waals surface area contributed by atoms with Crippen LogP contribution in [0.4, 0.5) is 4.39 Å². The van der Waals surface area contributed by atoms with Crippen LogP contribution in [0.1, 0.15) is 19.3 Å². The fourth-order valence-electron chi connectivity index (χ4n) is 3.61. The summed E-state index contributed by atoms with van der Waals surface area (Å²) in [4.78, 5) is 28.7. The van der Waals surface area contributed by atoms with Gasteiger partial charge in [0.05, 0.1) is 25.5 Å². The topological polar surface area (TPSA) is 59.1 Å². The lowest BCUT2D eigenvalue weighted by atomic mass is 9.96. The number of rotatable bonds is 9. The quantitative estimate of drug-likeness (QED) is 0.615. The molecule has 1 aliphatic heterocycles. The van der Waals surface area contributed by atoms with Crippen molar-refractivity contribution in [3.63, 3.8) is 0 Å². The summed E-state index contributed by atoms with van der Waals surface area (Å²) in [7, 11) is 1.71. The first kappa shape index (κ1) is 22.6. The van der Waals surface area contributed by atoms with Crippen LogP contribution in [0.3, 0.4) is 0 Å². The summed E-state index contributed by atoms with van der Waals surface area (Å²) in [6.07, 6.45) is 1.82. The fraction of sp³-hybridized carbons (Fsp3) is 0.417. The second kappa shape index (κ2) is 11.3. The van der Waals surface area contributed by atoms with Crippen molar-refractivity contribution < 1.29 is 23.5 Å². The van der Waals surface area contributed by atoms with E-state index in [0.717, 1.165) is 18.6 Å². The minimum atomic E-state index is -0.422. The molecule has 1 saturated heterocycles. The van der Waals surface area contributed by atoms with E-state index in [2.05, 4.69) is 0 Å². The number of nitrogens with zero attached hydrogens (tertiary/aromatic N) is 2. The van der Waals surface area contributed by atoms with Crippen LogP contribution in [-0.2, 0) is 9.59 Å². The third kappa shape index (κ3) is 6.70. The van der Waals surface area contributed by atoms with E-state index in [4.69, 9.17) is 9.47 Å². The van der Waals surface area contributed by atoms with E-state index in [1.807, 2.05) is 30.3 Å². The number of hydrogen-bond donors (Lipinski definition) is 0. The third-order valence-electron chi connectivity index (χ3n) is 5.35. The van der Waals surface area contributed by atoms with E-state index >= 15 is 0 Å². The molecule has 7 heteroatoms.